The van der Waals surface area contributed by atoms with Crippen LogP contribution in [0.4, 0.5) is 0 Å². The predicted octanol–water partition coefficient (Wildman–Crippen LogP) is 2.40. The first-order chi connectivity index (χ1) is 8.69. The van der Waals surface area contributed by atoms with Gasteiger partial charge in [-0.25, -0.2) is 24.3 Å². The second-order valence-electron chi connectivity index (χ2n) is 3.52. The van der Waals surface area contributed by atoms with Crippen molar-refractivity contribution in [3.8, 4) is 11.8 Å². The minimum absolute atomic E-state index is 0. The zero-order valence-corrected chi connectivity index (χ0v) is 14.7. The predicted molar refractivity (Wildman–Crippen MR) is 68.7 cm³/mol. The largest absolute Gasteiger partial charge is 2.00 e. The first kappa shape index (κ1) is 17.5. The molecule has 96 valence electrons. The molecule has 2 aromatic heterocycles. The molecule has 0 radical (unpaired) electrons. The van der Waals surface area contributed by atoms with E-state index in [1.54, 1.807) is 26.6 Å². The van der Waals surface area contributed by atoms with Crippen molar-refractivity contribution in [2.45, 2.75) is 13.8 Å². The molecule has 19 heavy (non-hydrogen) atoms. The Morgan fingerprint density at radius 2 is 1.21 bits per heavy atom. The number of hydrogen-bond acceptors (Lipinski definition) is 4. The van der Waals surface area contributed by atoms with E-state index in [-0.39, 0.29) is 19.5 Å². The van der Waals surface area contributed by atoms with E-state index in [2.05, 4.69) is 22.1 Å². The summed E-state index contributed by atoms with van der Waals surface area (Å²) in [5.41, 5.74) is 2.03. The number of ether oxygens (including phenoxy) is 2. The van der Waals surface area contributed by atoms with Crippen LogP contribution in [0.2, 0.25) is 0 Å². The minimum atomic E-state index is 0. The second-order valence-corrected chi connectivity index (χ2v) is 3.52. The van der Waals surface area contributed by atoms with Crippen LogP contribution in [-0.2, 0) is 19.5 Å². The molecule has 4 nitrogen and oxygen atoms in total. The van der Waals surface area contributed by atoms with Crippen molar-refractivity contribution in [3.63, 3.8) is 0 Å². The van der Waals surface area contributed by atoms with Crippen molar-refractivity contribution < 1.29 is 29.0 Å². The van der Waals surface area contributed by atoms with E-state index in [9.17, 15) is 0 Å². The summed E-state index contributed by atoms with van der Waals surface area (Å²) < 4.78 is 9.83. The van der Waals surface area contributed by atoms with Gasteiger partial charge in [0.2, 0.25) is 0 Å². The zero-order valence-electron chi connectivity index (χ0n) is 11.7. The van der Waals surface area contributed by atoms with Gasteiger partial charge in [0.25, 0.3) is 0 Å². The summed E-state index contributed by atoms with van der Waals surface area (Å²) in [6.45, 7) is 3.87. The number of aryl methyl sites for hydroxylation is 2. The van der Waals surface area contributed by atoms with Crippen molar-refractivity contribution >= 4 is 0 Å². The second kappa shape index (κ2) is 9.45. The Hall–Kier alpha value is -1.48. The summed E-state index contributed by atoms with van der Waals surface area (Å²) in [5.74, 6) is 1.35. The number of pyridine rings is 2. The number of rotatable bonds is 2. The van der Waals surface area contributed by atoms with Crippen LogP contribution in [0.25, 0.3) is 0 Å². The number of hydrogen-bond donors (Lipinski definition) is 0. The Morgan fingerprint density at radius 3 is 1.42 bits per heavy atom. The van der Waals surface area contributed by atoms with E-state index in [0.29, 0.717) is 11.8 Å². The summed E-state index contributed by atoms with van der Waals surface area (Å²) in [4.78, 5) is 7.84. The molecule has 0 fully saturated rings. The van der Waals surface area contributed by atoms with Crippen LogP contribution in [0, 0.1) is 26.0 Å². The van der Waals surface area contributed by atoms with E-state index < -0.39 is 0 Å². The zero-order chi connectivity index (χ0) is 13.4. The van der Waals surface area contributed by atoms with Gasteiger partial charge < -0.3 is 9.47 Å². The Balaban J connectivity index is 0.000000324. The number of methoxy groups -OCH3 is 2. The fourth-order valence-electron chi connectivity index (χ4n) is 1.27. The average Bonchev–Trinajstić information content (AvgIpc) is 2.41. The molecule has 2 aromatic rings. The molecule has 0 aromatic carbocycles. The Labute approximate surface area is 127 Å². The first-order valence-corrected chi connectivity index (χ1v) is 5.42. The standard InChI is InChI=1S/2C7H8NO.Zn/c2*1-6-4-3-5-8-7(6)9-2;/h2*4-5H,1-2H3;/q2*-1;+2. The minimum Gasteiger partial charge on any atom is -0.496 e. The van der Waals surface area contributed by atoms with Crippen LogP contribution in [0.1, 0.15) is 11.1 Å². The van der Waals surface area contributed by atoms with E-state index >= 15 is 0 Å². The molecule has 0 saturated heterocycles. The van der Waals surface area contributed by atoms with Gasteiger partial charge in [0.15, 0.2) is 0 Å². The molecule has 0 amide bonds. The Morgan fingerprint density at radius 1 is 0.842 bits per heavy atom. The molecule has 0 bridgehead atoms. The molecular weight excluding hydrogens is 294 g/mol. The summed E-state index contributed by atoms with van der Waals surface area (Å²) in [5, 5.41) is 0. The topological polar surface area (TPSA) is 44.2 Å². The molecular formula is C14H16N2O2Zn. The van der Waals surface area contributed by atoms with Gasteiger partial charge in [-0.05, 0) is 0 Å². The van der Waals surface area contributed by atoms with Crippen molar-refractivity contribution in [1.29, 1.82) is 0 Å². The van der Waals surface area contributed by atoms with Gasteiger partial charge in [-0.15, -0.1) is 25.0 Å². The number of aromatic nitrogens is 2. The molecule has 0 aliphatic rings. The molecule has 0 spiro atoms. The number of nitrogens with zero attached hydrogens (tertiary/aromatic N) is 2. The Kier molecular flexibility index (Phi) is 8.72. The molecule has 0 saturated carbocycles. The first-order valence-electron chi connectivity index (χ1n) is 5.42. The van der Waals surface area contributed by atoms with Crippen LogP contribution in [0.15, 0.2) is 24.5 Å². The van der Waals surface area contributed by atoms with E-state index in [0.717, 1.165) is 11.1 Å². The van der Waals surface area contributed by atoms with Crippen LogP contribution >= 0.6 is 0 Å². The fourth-order valence-corrected chi connectivity index (χ4v) is 1.27. The van der Waals surface area contributed by atoms with E-state index in [4.69, 9.17) is 9.47 Å². The SMILES string of the molecule is COc1nc[c-]cc1C.COc1nc[c-]cc1C.[Zn+2]. The van der Waals surface area contributed by atoms with Crippen molar-refractivity contribution in [2.75, 3.05) is 14.2 Å². The van der Waals surface area contributed by atoms with Gasteiger partial charge in [-0.2, -0.15) is 0 Å². The summed E-state index contributed by atoms with van der Waals surface area (Å²) in [6, 6.07) is 9.37. The molecule has 0 aliphatic heterocycles. The molecule has 2 rings (SSSR count). The van der Waals surface area contributed by atoms with Crippen molar-refractivity contribution in [1.82, 2.24) is 9.97 Å². The van der Waals surface area contributed by atoms with E-state index in [1.165, 1.54) is 0 Å². The van der Waals surface area contributed by atoms with Crippen molar-refractivity contribution in [2.24, 2.45) is 0 Å². The third-order valence-electron chi connectivity index (χ3n) is 2.17. The van der Waals surface area contributed by atoms with Crippen LogP contribution in [0.5, 0.6) is 11.8 Å². The van der Waals surface area contributed by atoms with Crippen LogP contribution < -0.4 is 9.47 Å². The third-order valence-corrected chi connectivity index (χ3v) is 2.17. The smallest absolute Gasteiger partial charge is 0.496 e. The molecule has 0 unspecified atom stereocenters. The molecule has 0 atom stereocenters. The third kappa shape index (κ3) is 5.80. The monoisotopic (exact) mass is 308 g/mol. The Bertz CT molecular complexity index is 447. The fraction of sp³-hybridized carbons (Fsp3) is 0.286. The summed E-state index contributed by atoms with van der Waals surface area (Å²) in [7, 11) is 3.21. The normalized spacial score (nSPS) is 8.63. The van der Waals surface area contributed by atoms with Gasteiger partial charge in [-0.1, -0.05) is 12.4 Å². The summed E-state index contributed by atoms with van der Waals surface area (Å²) >= 11 is 0. The van der Waals surface area contributed by atoms with Gasteiger partial charge in [0, 0.05) is 0 Å². The quantitative estimate of drug-likeness (QED) is 0.631. The van der Waals surface area contributed by atoms with E-state index in [1.807, 2.05) is 26.0 Å². The molecule has 0 N–H and O–H groups in total. The van der Waals surface area contributed by atoms with Gasteiger partial charge >= 0.3 is 19.5 Å². The van der Waals surface area contributed by atoms with Gasteiger partial charge in [-0.3, -0.25) is 9.97 Å². The maximum atomic E-state index is 4.91. The maximum absolute atomic E-state index is 4.91. The molecule has 2 heterocycles. The van der Waals surface area contributed by atoms with Gasteiger partial charge in [0.05, 0.1) is 14.2 Å². The molecule has 5 heteroatoms. The average molecular weight is 310 g/mol. The van der Waals surface area contributed by atoms with Gasteiger partial charge in [0.1, 0.15) is 11.8 Å². The molecule has 0 aliphatic carbocycles. The van der Waals surface area contributed by atoms with Crippen LogP contribution in [-0.4, -0.2) is 24.2 Å². The summed E-state index contributed by atoms with van der Waals surface area (Å²) in [6.07, 6.45) is 3.18. The van der Waals surface area contributed by atoms with Crippen LogP contribution in [0.3, 0.4) is 0 Å². The van der Waals surface area contributed by atoms with Crippen molar-refractivity contribution in [3.05, 3.63) is 47.8 Å². The maximum Gasteiger partial charge on any atom is 2.00 e.